The maximum absolute atomic E-state index is 11.8. The number of nitrogens with zero attached hydrogens (tertiary/aromatic N) is 1. The Morgan fingerprint density at radius 3 is 3.18 bits per heavy atom. The van der Waals surface area contributed by atoms with E-state index in [9.17, 15) is 4.79 Å². The van der Waals surface area contributed by atoms with E-state index in [0.717, 1.165) is 25.1 Å². The number of carbonyl (C=O) groups is 1. The van der Waals surface area contributed by atoms with Gasteiger partial charge in [0.25, 0.3) is 5.91 Å². The van der Waals surface area contributed by atoms with Crippen LogP contribution in [0.25, 0.3) is 0 Å². The quantitative estimate of drug-likeness (QED) is 0.815. The van der Waals surface area contributed by atoms with Gasteiger partial charge in [0.1, 0.15) is 0 Å². The summed E-state index contributed by atoms with van der Waals surface area (Å²) in [5, 5.41) is 2.82. The lowest BCUT2D eigenvalue weighted by Gasteiger charge is -2.11. The fourth-order valence-corrected chi connectivity index (χ4v) is 1.88. The maximum atomic E-state index is 11.8. The van der Waals surface area contributed by atoms with Crippen LogP contribution in [0.2, 0.25) is 0 Å². The van der Waals surface area contributed by atoms with Crippen LogP contribution < -0.4 is 11.1 Å². The molecule has 0 bridgehead atoms. The first-order valence-electron chi connectivity index (χ1n) is 5.79. The second kappa shape index (κ2) is 5.14. The highest BCUT2D eigenvalue weighted by molar-refractivity contribution is 5.98. The second-order valence-electron chi connectivity index (χ2n) is 4.26. The summed E-state index contributed by atoms with van der Waals surface area (Å²) < 4.78 is 5.43. The molecule has 1 amide bonds. The molecule has 1 aromatic heterocycles. The third-order valence-corrected chi connectivity index (χ3v) is 2.83. The van der Waals surface area contributed by atoms with Gasteiger partial charge in [0.15, 0.2) is 0 Å². The molecule has 5 heteroatoms. The molecule has 0 radical (unpaired) electrons. The van der Waals surface area contributed by atoms with Crippen LogP contribution in [0.15, 0.2) is 12.3 Å². The fourth-order valence-electron chi connectivity index (χ4n) is 1.88. The number of hydrogen-bond acceptors (Lipinski definition) is 4. The standard InChI is InChI=1S/C12H17N3O2/c1-8-5-11(13)10(7-14-8)12(16)15-6-9-3-2-4-17-9/h5,7,9H,2-4,6H2,1H3,(H2,13,14)(H,15,16). The predicted molar refractivity (Wildman–Crippen MR) is 64.7 cm³/mol. The van der Waals surface area contributed by atoms with Gasteiger partial charge in [-0.15, -0.1) is 0 Å². The monoisotopic (exact) mass is 235 g/mol. The van der Waals surface area contributed by atoms with Gasteiger partial charge in [-0.25, -0.2) is 0 Å². The highest BCUT2D eigenvalue weighted by Gasteiger charge is 2.17. The van der Waals surface area contributed by atoms with Crippen molar-refractivity contribution >= 4 is 11.6 Å². The summed E-state index contributed by atoms with van der Waals surface area (Å²) in [4.78, 5) is 15.9. The number of aryl methyl sites for hydroxylation is 1. The highest BCUT2D eigenvalue weighted by atomic mass is 16.5. The zero-order valence-corrected chi connectivity index (χ0v) is 9.90. The van der Waals surface area contributed by atoms with Crippen LogP contribution in [0.1, 0.15) is 28.9 Å². The smallest absolute Gasteiger partial charge is 0.255 e. The van der Waals surface area contributed by atoms with Crippen LogP contribution in [0.4, 0.5) is 5.69 Å². The number of nitrogen functional groups attached to an aromatic ring is 1. The normalized spacial score (nSPS) is 19.2. The second-order valence-corrected chi connectivity index (χ2v) is 4.26. The lowest BCUT2D eigenvalue weighted by molar-refractivity contribution is 0.0858. The molecule has 17 heavy (non-hydrogen) atoms. The molecule has 5 nitrogen and oxygen atoms in total. The predicted octanol–water partition coefficient (Wildman–Crippen LogP) is 0.881. The number of amides is 1. The first kappa shape index (κ1) is 11.9. The Bertz CT molecular complexity index is 414. The summed E-state index contributed by atoms with van der Waals surface area (Å²) in [6.45, 7) is 3.16. The molecule has 1 aliphatic heterocycles. The van der Waals surface area contributed by atoms with Gasteiger partial charge >= 0.3 is 0 Å². The molecular formula is C12H17N3O2. The Morgan fingerprint density at radius 1 is 1.71 bits per heavy atom. The van der Waals surface area contributed by atoms with E-state index in [1.807, 2.05) is 6.92 Å². The first-order chi connectivity index (χ1) is 8.16. The number of hydrogen-bond donors (Lipinski definition) is 2. The number of rotatable bonds is 3. The SMILES string of the molecule is Cc1cc(N)c(C(=O)NCC2CCCO2)cn1. The number of aromatic nitrogens is 1. The van der Waals surface area contributed by atoms with E-state index in [0.29, 0.717) is 17.8 Å². The summed E-state index contributed by atoms with van der Waals surface area (Å²) >= 11 is 0. The van der Waals surface area contributed by atoms with Crippen LogP contribution in [-0.4, -0.2) is 30.1 Å². The third-order valence-electron chi connectivity index (χ3n) is 2.83. The maximum Gasteiger partial charge on any atom is 0.255 e. The number of nitrogens with one attached hydrogen (secondary N) is 1. The van der Waals surface area contributed by atoms with E-state index in [2.05, 4.69) is 10.3 Å². The molecule has 1 saturated heterocycles. The molecule has 1 fully saturated rings. The summed E-state index contributed by atoms with van der Waals surface area (Å²) in [5.41, 5.74) is 7.46. The van der Waals surface area contributed by atoms with Crippen molar-refractivity contribution in [3.05, 3.63) is 23.5 Å². The molecule has 0 spiro atoms. The molecule has 2 rings (SSSR count). The molecule has 0 saturated carbocycles. The minimum atomic E-state index is -0.189. The van der Waals surface area contributed by atoms with Gasteiger partial charge in [0.2, 0.25) is 0 Å². The molecule has 3 N–H and O–H groups in total. The largest absolute Gasteiger partial charge is 0.398 e. The average molecular weight is 235 g/mol. The summed E-state index contributed by atoms with van der Waals surface area (Å²) in [6, 6.07) is 1.70. The van der Waals surface area contributed by atoms with E-state index >= 15 is 0 Å². The minimum absolute atomic E-state index is 0.138. The van der Waals surface area contributed by atoms with Gasteiger partial charge in [0, 0.05) is 30.7 Å². The number of nitrogens with two attached hydrogens (primary N) is 1. The van der Waals surface area contributed by atoms with Crippen LogP contribution in [0, 0.1) is 6.92 Å². The molecule has 1 atom stereocenters. The number of anilines is 1. The Hall–Kier alpha value is -1.62. The molecule has 92 valence electrons. The summed E-state index contributed by atoms with van der Waals surface area (Å²) in [5.74, 6) is -0.189. The van der Waals surface area contributed by atoms with Crippen LogP contribution >= 0.6 is 0 Å². The molecule has 1 aromatic rings. The molecule has 2 heterocycles. The number of ether oxygens (including phenoxy) is 1. The lowest BCUT2D eigenvalue weighted by atomic mass is 10.2. The number of carbonyl (C=O) groups excluding carboxylic acids is 1. The van der Waals surface area contributed by atoms with E-state index in [1.165, 1.54) is 6.20 Å². The number of pyridine rings is 1. The van der Waals surface area contributed by atoms with Gasteiger partial charge in [-0.3, -0.25) is 9.78 Å². The van der Waals surface area contributed by atoms with E-state index in [1.54, 1.807) is 6.07 Å². The lowest BCUT2D eigenvalue weighted by Crippen LogP contribution is -2.32. The van der Waals surface area contributed by atoms with E-state index < -0.39 is 0 Å². The van der Waals surface area contributed by atoms with Crippen molar-refractivity contribution in [3.8, 4) is 0 Å². The zero-order valence-electron chi connectivity index (χ0n) is 9.90. The Labute approximate surface area is 100 Å². The minimum Gasteiger partial charge on any atom is -0.398 e. The molecule has 1 unspecified atom stereocenters. The average Bonchev–Trinajstić information content (AvgIpc) is 2.78. The van der Waals surface area contributed by atoms with Crippen molar-refractivity contribution in [3.63, 3.8) is 0 Å². The summed E-state index contributed by atoms with van der Waals surface area (Å²) in [7, 11) is 0. The van der Waals surface area contributed by atoms with Gasteiger partial charge < -0.3 is 15.8 Å². The van der Waals surface area contributed by atoms with E-state index in [4.69, 9.17) is 10.5 Å². The Morgan fingerprint density at radius 2 is 2.53 bits per heavy atom. The van der Waals surface area contributed by atoms with E-state index in [-0.39, 0.29) is 12.0 Å². The highest BCUT2D eigenvalue weighted by Crippen LogP contribution is 2.13. The van der Waals surface area contributed by atoms with Crippen molar-refractivity contribution in [2.45, 2.75) is 25.9 Å². The van der Waals surface area contributed by atoms with Crippen molar-refractivity contribution < 1.29 is 9.53 Å². The van der Waals surface area contributed by atoms with Gasteiger partial charge in [-0.2, -0.15) is 0 Å². The van der Waals surface area contributed by atoms with Crippen LogP contribution in [-0.2, 0) is 4.74 Å². The van der Waals surface area contributed by atoms with Crippen LogP contribution in [0.5, 0.6) is 0 Å². The van der Waals surface area contributed by atoms with Crippen molar-refractivity contribution in [2.75, 3.05) is 18.9 Å². The Kier molecular flexibility index (Phi) is 3.58. The van der Waals surface area contributed by atoms with Gasteiger partial charge in [-0.1, -0.05) is 0 Å². The molecule has 1 aliphatic rings. The topological polar surface area (TPSA) is 77.2 Å². The van der Waals surface area contributed by atoms with Gasteiger partial charge in [-0.05, 0) is 25.8 Å². The van der Waals surface area contributed by atoms with Gasteiger partial charge in [0.05, 0.1) is 11.7 Å². The van der Waals surface area contributed by atoms with Crippen molar-refractivity contribution in [1.82, 2.24) is 10.3 Å². The fraction of sp³-hybridized carbons (Fsp3) is 0.500. The van der Waals surface area contributed by atoms with Crippen molar-refractivity contribution in [2.24, 2.45) is 0 Å². The molecular weight excluding hydrogens is 218 g/mol. The molecule has 0 aromatic carbocycles. The first-order valence-corrected chi connectivity index (χ1v) is 5.79. The van der Waals surface area contributed by atoms with Crippen LogP contribution in [0.3, 0.4) is 0 Å². The Balaban J connectivity index is 1.94. The summed E-state index contributed by atoms with van der Waals surface area (Å²) in [6.07, 6.45) is 3.71. The third kappa shape index (κ3) is 2.94. The zero-order chi connectivity index (χ0) is 12.3. The van der Waals surface area contributed by atoms with Crippen molar-refractivity contribution in [1.29, 1.82) is 0 Å². The molecule has 0 aliphatic carbocycles.